The third-order valence-electron chi connectivity index (χ3n) is 8.71. The predicted octanol–water partition coefficient (Wildman–Crippen LogP) is 6.69. The average Bonchev–Trinajstić information content (AvgIpc) is 3.10. The van der Waals surface area contributed by atoms with Crippen molar-refractivity contribution in [3.8, 4) is 0 Å². The number of hydrogen-bond acceptors (Lipinski definition) is 2. The molecule has 2 aliphatic rings. The Hall–Kier alpha value is -1.96. The molecule has 0 amide bonds. The molecular weight excluding hydrogens is 318 g/mol. The zero-order valence-corrected chi connectivity index (χ0v) is 16.8. The highest BCUT2D eigenvalue weighted by atomic mass is 16.3. The molecule has 136 valence electrons. The van der Waals surface area contributed by atoms with E-state index in [1.807, 2.05) is 0 Å². The second-order valence-corrected chi connectivity index (χ2v) is 9.57. The van der Waals surface area contributed by atoms with Crippen molar-refractivity contribution in [1.82, 2.24) is 0 Å². The van der Waals surface area contributed by atoms with Crippen LogP contribution in [0.1, 0.15) is 53.0 Å². The molecule has 5 rings (SSSR count). The van der Waals surface area contributed by atoms with Gasteiger partial charge in [0.05, 0.1) is 5.69 Å². The van der Waals surface area contributed by atoms with Crippen molar-refractivity contribution in [2.75, 3.05) is 4.90 Å². The van der Waals surface area contributed by atoms with Crippen molar-refractivity contribution in [2.45, 2.75) is 66.0 Å². The number of anilines is 1. The Balaban J connectivity index is 1.84. The van der Waals surface area contributed by atoms with E-state index in [9.17, 15) is 0 Å². The van der Waals surface area contributed by atoms with Gasteiger partial charge in [0.2, 0.25) is 0 Å². The van der Waals surface area contributed by atoms with Gasteiger partial charge in [0.1, 0.15) is 5.58 Å². The third kappa shape index (κ3) is 1.56. The molecule has 2 fully saturated rings. The quantitative estimate of drug-likeness (QED) is 0.487. The number of benzene rings is 2. The van der Waals surface area contributed by atoms with Gasteiger partial charge in [-0.25, -0.2) is 0 Å². The van der Waals surface area contributed by atoms with Gasteiger partial charge < -0.3 is 9.32 Å². The molecule has 3 atom stereocenters. The largest absolute Gasteiger partial charge is 0.454 e. The van der Waals surface area contributed by atoms with Crippen LogP contribution in [0.25, 0.3) is 21.9 Å². The Bertz CT molecular complexity index is 1040. The minimum atomic E-state index is 0.152. The Labute approximate surface area is 156 Å². The number of hydrogen-bond donors (Lipinski definition) is 0. The molecule has 1 saturated carbocycles. The van der Waals surface area contributed by atoms with E-state index in [1.54, 1.807) is 0 Å². The highest BCUT2D eigenvalue weighted by Crippen LogP contribution is 2.69. The molecule has 26 heavy (non-hydrogen) atoms. The second-order valence-electron chi connectivity index (χ2n) is 9.57. The van der Waals surface area contributed by atoms with Gasteiger partial charge in [0, 0.05) is 22.4 Å². The Morgan fingerprint density at radius 1 is 0.962 bits per heavy atom. The molecule has 0 spiro atoms. The smallest absolute Gasteiger partial charge is 0.158 e. The van der Waals surface area contributed by atoms with Crippen molar-refractivity contribution < 1.29 is 4.42 Å². The molecule has 0 radical (unpaired) electrons. The van der Waals surface area contributed by atoms with Crippen LogP contribution in [-0.4, -0.2) is 11.6 Å². The SMILES string of the molecule is Cc1ccc2c(oc3ccccc32)c1N1C(C)C2(C)CCC1(C)C2(C)C. The molecule has 2 heterocycles. The second kappa shape index (κ2) is 4.65. The van der Waals surface area contributed by atoms with Crippen LogP contribution >= 0.6 is 0 Å². The van der Waals surface area contributed by atoms with Gasteiger partial charge in [-0.2, -0.15) is 0 Å². The molecule has 1 saturated heterocycles. The number of nitrogens with zero attached hydrogens (tertiary/aromatic N) is 1. The van der Waals surface area contributed by atoms with Crippen molar-refractivity contribution in [3.63, 3.8) is 0 Å². The van der Waals surface area contributed by atoms with E-state index in [0.717, 1.165) is 11.2 Å². The zero-order valence-electron chi connectivity index (χ0n) is 16.8. The maximum atomic E-state index is 6.44. The van der Waals surface area contributed by atoms with E-state index in [-0.39, 0.29) is 11.0 Å². The van der Waals surface area contributed by atoms with Gasteiger partial charge in [0.25, 0.3) is 0 Å². The minimum absolute atomic E-state index is 0.152. The van der Waals surface area contributed by atoms with Gasteiger partial charge in [0.15, 0.2) is 5.58 Å². The van der Waals surface area contributed by atoms with E-state index in [2.05, 4.69) is 82.8 Å². The summed E-state index contributed by atoms with van der Waals surface area (Å²) in [4.78, 5) is 2.72. The summed E-state index contributed by atoms with van der Waals surface area (Å²) in [7, 11) is 0. The van der Waals surface area contributed by atoms with Crippen LogP contribution in [0.15, 0.2) is 40.8 Å². The van der Waals surface area contributed by atoms with E-state index in [4.69, 9.17) is 4.42 Å². The molecule has 0 N–H and O–H groups in total. The minimum Gasteiger partial charge on any atom is -0.454 e. The Morgan fingerprint density at radius 2 is 1.69 bits per heavy atom. The van der Waals surface area contributed by atoms with Crippen LogP contribution in [0.4, 0.5) is 5.69 Å². The van der Waals surface area contributed by atoms with Crippen molar-refractivity contribution in [1.29, 1.82) is 0 Å². The topological polar surface area (TPSA) is 16.4 Å². The predicted molar refractivity (Wildman–Crippen MR) is 110 cm³/mol. The number of piperidine rings is 1. The molecular formula is C24H29NO. The summed E-state index contributed by atoms with van der Waals surface area (Å²) in [6, 6.07) is 13.4. The fourth-order valence-corrected chi connectivity index (χ4v) is 6.22. The fourth-order valence-electron chi connectivity index (χ4n) is 6.22. The van der Waals surface area contributed by atoms with Gasteiger partial charge in [-0.15, -0.1) is 0 Å². The third-order valence-corrected chi connectivity index (χ3v) is 8.71. The standard InChI is InChI=1S/C24H29NO/c1-15-11-12-18-17-9-7-8-10-19(17)26-21(18)20(15)25-16(2)23(5)13-14-24(25,6)22(23,3)4/h7-12,16H,13-14H2,1-6H3. The van der Waals surface area contributed by atoms with Crippen LogP contribution in [0, 0.1) is 17.8 Å². The highest BCUT2D eigenvalue weighted by Gasteiger charge is 2.70. The number of para-hydroxylation sites is 1. The van der Waals surface area contributed by atoms with Crippen molar-refractivity contribution in [3.05, 3.63) is 42.0 Å². The lowest BCUT2D eigenvalue weighted by molar-refractivity contribution is 0.132. The van der Waals surface area contributed by atoms with Crippen LogP contribution < -0.4 is 4.90 Å². The number of furan rings is 1. The molecule has 3 unspecified atom stereocenters. The molecule has 1 aliphatic carbocycles. The van der Waals surface area contributed by atoms with Gasteiger partial charge in [-0.1, -0.05) is 51.1 Å². The van der Waals surface area contributed by atoms with Crippen LogP contribution in [0.2, 0.25) is 0 Å². The van der Waals surface area contributed by atoms with Gasteiger partial charge >= 0.3 is 0 Å². The fraction of sp³-hybridized carbons (Fsp3) is 0.500. The first-order chi connectivity index (χ1) is 12.2. The lowest BCUT2D eigenvalue weighted by Gasteiger charge is -2.45. The summed E-state index contributed by atoms with van der Waals surface area (Å²) < 4.78 is 6.44. The molecule has 3 aromatic rings. The Morgan fingerprint density at radius 3 is 2.38 bits per heavy atom. The molecule has 1 aliphatic heterocycles. The van der Waals surface area contributed by atoms with E-state index < -0.39 is 0 Å². The summed E-state index contributed by atoms with van der Waals surface area (Å²) in [6.07, 6.45) is 2.56. The Kier molecular flexibility index (Phi) is 2.91. The maximum absolute atomic E-state index is 6.44. The molecule has 2 aromatic carbocycles. The lowest BCUT2D eigenvalue weighted by atomic mass is 9.65. The first-order valence-corrected chi connectivity index (χ1v) is 9.92. The van der Waals surface area contributed by atoms with Crippen LogP contribution in [0.3, 0.4) is 0 Å². The van der Waals surface area contributed by atoms with E-state index in [1.165, 1.54) is 34.9 Å². The highest BCUT2D eigenvalue weighted by molar-refractivity contribution is 6.09. The summed E-state index contributed by atoms with van der Waals surface area (Å²) in [5.74, 6) is 0. The summed E-state index contributed by atoms with van der Waals surface area (Å²) >= 11 is 0. The summed E-state index contributed by atoms with van der Waals surface area (Å²) in [5.41, 5.74) is 5.41. The first-order valence-electron chi connectivity index (χ1n) is 9.92. The van der Waals surface area contributed by atoms with E-state index >= 15 is 0 Å². The lowest BCUT2D eigenvalue weighted by Crippen LogP contribution is -2.50. The van der Waals surface area contributed by atoms with Gasteiger partial charge in [-0.05, 0) is 56.1 Å². The number of aryl methyl sites for hydroxylation is 1. The first kappa shape index (κ1) is 16.2. The summed E-state index contributed by atoms with van der Waals surface area (Å²) in [6.45, 7) is 14.6. The molecule has 1 aromatic heterocycles. The summed E-state index contributed by atoms with van der Waals surface area (Å²) in [5, 5.41) is 2.46. The van der Waals surface area contributed by atoms with Gasteiger partial charge in [-0.3, -0.25) is 0 Å². The number of fused-ring (bicyclic) bond motifs is 5. The molecule has 2 heteroatoms. The van der Waals surface area contributed by atoms with Crippen molar-refractivity contribution in [2.24, 2.45) is 10.8 Å². The maximum Gasteiger partial charge on any atom is 0.158 e. The van der Waals surface area contributed by atoms with Crippen LogP contribution in [-0.2, 0) is 0 Å². The number of rotatable bonds is 1. The average molecular weight is 348 g/mol. The monoisotopic (exact) mass is 347 g/mol. The normalized spacial score (nSPS) is 32.8. The molecule has 2 nitrogen and oxygen atoms in total. The van der Waals surface area contributed by atoms with Crippen LogP contribution in [0.5, 0.6) is 0 Å². The molecule has 2 bridgehead atoms. The van der Waals surface area contributed by atoms with Crippen molar-refractivity contribution >= 4 is 27.6 Å². The van der Waals surface area contributed by atoms with E-state index in [0.29, 0.717) is 11.5 Å². The zero-order chi connectivity index (χ0) is 18.5.